The number of rotatable bonds is 1. The third-order valence-corrected chi connectivity index (χ3v) is 5.46. The van der Waals surface area contributed by atoms with Gasteiger partial charge in [-0.1, -0.05) is 12.1 Å². The van der Waals surface area contributed by atoms with Crippen LogP contribution in [-0.2, 0) is 12.0 Å². The highest BCUT2D eigenvalue weighted by atomic mass is 32.1. The first kappa shape index (κ1) is 13.7. The molecule has 0 radical (unpaired) electrons. The van der Waals surface area contributed by atoms with Gasteiger partial charge in [0.15, 0.2) is 11.6 Å². The standard InChI is InChI=1S/C18H19N3S/c1-11-8-13-10-18(3,4)21-16(14(13)9-12(11)2)19-20-17(21)15-6-5-7-22-15/h5-9H,10H2,1-4H3. The number of hydrogen-bond acceptors (Lipinski definition) is 3. The number of hydrogen-bond donors (Lipinski definition) is 0. The Morgan fingerprint density at radius 3 is 2.55 bits per heavy atom. The van der Waals surface area contributed by atoms with Gasteiger partial charge >= 0.3 is 0 Å². The van der Waals surface area contributed by atoms with E-state index in [1.165, 1.54) is 27.1 Å². The first-order valence-electron chi connectivity index (χ1n) is 7.58. The highest BCUT2D eigenvalue weighted by Gasteiger charge is 2.35. The van der Waals surface area contributed by atoms with Gasteiger partial charge in [-0.05, 0) is 68.3 Å². The average molecular weight is 309 g/mol. The van der Waals surface area contributed by atoms with Crippen molar-refractivity contribution in [3.05, 3.63) is 46.3 Å². The highest BCUT2D eigenvalue weighted by molar-refractivity contribution is 7.13. The van der Waals surface area contributed by atoms with Crippen LogP contribution in [0.4, 0.5) is 0 Å². The maximum atomic E-state index is 4.54. The molecule has 0 aliphatic carbocycles. The lowest BCUT2D eigenvalue weighted by atomic mass is 9.85. The van der Waals surface area contributed by atoms with E-state index in [0.29, 0.717) is 0 Å². The lowest BCUT2D eigenvalue weighted by Gasteiger charge is -2.35. The smallest absolute Gasteiger partial charge is 0.174 e. The van der Waals surface area contributed by atoms with Gasteiger partial charge in [-0.25, -0.2) is 0 Å². The van der Waals surface area contributed by atoms with Gasteiger partial charge in [-0.15, -0.1) is 21.5 Å². The van der Waals surface area contributed by atoms with Gasteiger partial charge in [0.2, 0.25) is 0 Å². The van der Waals surface area contributed by atoms with E-state index in [9.17, 15) is 0 Å². The summed E-state index contributed by atoms with van der Waals surface area (Å²) in [5, 5.41) is 11.1. The van der Waals surface area contributed by atoms with E-state index in [1.807, 2.05) is 0 Å². The fourth-order valence-corrected chi connectivity index (χ4v) is 4.07. The van der Waals surface area contributed by atoms with Gasteiger partial charge < -0.3 is 4.57 Å². The molecule has 3 aromatic rings. The monoisotopic (exact) mass is 309 g/mol. The van der Waals surface area contributed by atoms with Crippen LogP contribution in [0, 0.1) is 13.8 Å². The third kappa shape index (κ3) is 1.87. The Bertz CT molecular complexity index is 857. The largest absolute Gasteiger partial charge is 0.300 e. The van der Waals surface area contributed by atoms with Gasteiger partial charge in [-0.2, -0.15) is 0 Å². The van der Waals surface area contributed by atoms with E-state index in [2.05, 4.69) is 72.1 Å². The Morgan fingerprint density at radius 1 is 1.09 bits per heavy atom. The summed E-state index contributed by atoms with van der Waals surface area (Å²) < 4.78 is 2.32. The summed E-state index contributed by atoms with van der Waals surface area (Å²) in [5.74, 6) is 1.98. The molecule has 4 rings (SSSR count). The van der Waals surface area contributed by atoms with Gasteiger partial charge in [0, 0.05) is 11.1 Å². The molecule has 0 amide bonds. The van der Waals surface area contributed by atoms with Crippen molar-refractivity contribution in [3.8, 4) is 22.1 Å². The summed E-state index contributed by atoms with van der Waals surface area (Å²) in [6.45, 7) is 8.89. The van der Waals surface area contributed by atoms with Crippen molar-refractivity contribution in [2.24, 2.45) is 0 Å². The minimum Gasteiger partial charge on any atom is -0.300 e. The summed E-state index contributed by atoms with van der Waals surface area (Å²) in [5.41, 5.74) is 5.25. The number of aryl methyl sites for hydroxylation is 2. The van der Waals surface area contributed by atoms with Crippen molar-refractivity contribution in [1.29, 1.82) is 0 Å². The molecule has 1 aliphatic heterocycles. The molecular weight excluding hydrogens is 290 g/mol. The molecule has 0 unspecified atom stereocenters. The maximum Gasteiger partial charge on any atom is 0.174 e. The molecule has 3 nitrogen and oxygen atoms in total. The van der Waals surface area contributed by atoms with Gasteiger partial charge in [0.1, 0.15) is 0 Å². The zero-order chi connectivity index (χ0) is 15.5. The zero-order valence-electron chi connectivity index (χ0n) is 13.3. The summed E-state index contributed by atoms with van der Waals surface area (Å²) in [6.07, 6.45) is 1.01. The third-order valence-electron chi connectivity index (χ3n) is 4.59. The molecule has 3 heterocycles. The van der Waals surface area contributed by atoms with E-state index >= 15 is 0 Å². The summed E-state index contributed by atoms with van der Waals surface area (Å²) in [7, 11) is 0. The molecule has 0 N–H and O–H groups in total. The quantitative estimate of drug-likeness (QED) is 0.658. The molecule has 112 valence electrons. The van der Waals surface area contributed by atoms with Crippen molar-refractivity contribution in [1.82, 2.24) is 14.8 Å². The second kappa shape index (κ2) is 4.53. The molecule has 0 saturated heterocycles. The topological polar surface area (TPSA) is 30.7 Å². The molecular formula is C18H19N3S. The van der Waals surface area contributed by atoms with Crippen LogP contribution >= 0.6 is 11.3 Å². The molecule has 0 spiro atoms. The van der Waals surface area contributed by atoms with Crippen molar-refractivity contribution in [2.45, 2.75) is 39.7 Å². The number of aromatic nitrogens is 3. The van der Waals surface area contributed by atoms with Crippen LogP contribution in [0.2, 0.25) is 0 Å². The first-order chi connectivity index (χ1) is 10.5. The Hall–Kier alpha value is -1.94. The van der Waals surface area contributed by atoms with Crippen molar-refractivity contribution in [3.63, 3.8) is 0 Å². The van der Waals surface area contributed by atoms with Crippen molar-refractivity contribution < 1.29 is 0 Å². The molecule has 0 fully saturated rings. The van der Waals surface area contributed by atoms with Crippen LogP contribution < -0.4 is 0 Å². The normalized spacial score (nSPS) is 15.5. The van der Waals surface area contributed by atoms with E-state index < -0.39 is 0 Å². The number of fused-ring (bicyclic) bond motifs is 3. The number of thiophene rings is 1. The Morgan fingerprint density at radius 2 is 1.82 bits per heavy atom. The van der Waals surface area contributed by atoms with Crippen LogP contribution in [0.1, 0.15) is 30.5 Å². The maximum absolute atomic E-state index is 4.54. The minimum atomic E-state index is -0.0210. The van der Waals surface area contributed by atoms with Crippen molar-refractivity contribution >= 4 is 11.3 Å². The molecule has 1 aromatic carbocycles. The molecule has 0 atom stereocenters. The SMILES string of the molecule is Cc1cc2c(cc1C)-c1nnc(-c3cccs3)n1C(C)(C)C2. The fourth-order valence-electron chi connectivity index (χ4n) is 3.37. The fraction of sp³-hybridized carbons (Fsp3) is 0.333. The van der Waals surface area contributed by atoms with Gasteiger partial charge in [0.25, 0.3) is 0 Å². The Labute approximate surface area is 134 Å². The first-order valence-corrected chi connectivity index (χ1v) is 8.45. The van der Waals surface area contributed by atoms with Gasteiger partial charge in [0.05, 0.1) is 4.88 Å². The van der Waals surface area contributed by atoms with Crippen LogP contribution in [-0.4, -0.2) is 14.8 Å². The Kier molecular flexibility index (Phi) is 2.82. The lowest BCUT2D eigenvalue weighted by Crippen LogP contribution is -2.33. The predicted octanol–water partition coefficient (Wildman–Crippen LogP) is 4.58. The zero-order valence-corrected chi connectivity index (χ0v) is 14.2. The molecule has 0 bridgehead atoms. The van der Waals surface area contributed by atoms with Crippen LogP contribution in [0.15, 0.2) is 29.6 Å². The van der Waals surface area contributed by atoms with E-state index in [4.69, 9.17) is 0 Å². The molecule has 22 heavy (non-hydrogen) atoms. The molecule has 2 aromatic heterocycles. The average Bonchev–Trinajstić information content (AvgIpc) is 3.09. The number of benzene rings is 1. The van der Waals surface area contributed by atoms with Crippen LogP contribution in [0.5, 0.6) is 0 Å². The minimum absolute atomic E-state index is 0.0210. The highest BCUT2D eigenvalue weighted by Crippen LogP contribution is 2.41. The second-order valence-corrected chi connectivity index (χ2v) is 7.69. The summed E-state index contributed by atoms with van der Waals surface area (Å²) >= 11 is 1.72. The molecule has 0 saturated carbocycles. The summed E-state index contributed by atoms with van der Waals surface area (Å²) in [4.78, 5) is 1.18. The predicted molar refractivity (Wildman–Crippen MR) is 91.3 cm³/mol. The van der Waals surface area contributed by atoms with Crippen molar-refractivity contribution in [2.75, 3.05) is 0 Å². The molecule has 4 heteroatoms. The Balaban J connectivity index is 2.01. The van der Waals surface area contributed by atoms with Gasteiger partial charge in [-0.3, -0.25) is 0 Å². The van der Waals surface area contributed by atoms with E-state index in [1.54, 1.807) is 11.3 Å². The van der Waals surface area contributed by atoms with Crippen LogP contribution in [0.3, 0.4) is 0 Å². The summed E-state index contributed by atoms with van der Waals surface area (Å²) in [6, 6.07) is 8.76. The number of nitrogens with zero attached hydrogens (tertiary/aromatic N) is 3. The lowest BCUT2D eigenvalue weighted by molar-refractivity contribution is 0.351. The van der Waals surface area contributed by atoms with E-state index in [0.717, 1.165) is 18.1 Å². The van der Waals surface area contributed by atoms with E-state index in [-0.39, 0.29) is 5.54 Å². The van der Waals surface area contributed by atoms with Crippen LogP contribution in [0.25, 0.3) is 22.1 Å². The second-order valence-electron chi connectivity index (χ2n) is 6.74. The molecule has 1 aliphatic rings.